The van der Waals surface area contributed by atoms with Crippen molar-refractivity contribution in [1.29, 1.82) is 0 Å². The Labute approximate surface area is 176 Å². The van der Waals surface area contributed by atoms with Crippen molar-refractivity contribution in [3.8, 4) is 5.75 Å². The molecule has 11 heteroatoms. The Morgan fingerprint density at radius 1 is 1.30 bits per heavy atom. The van der Waals surface area contributed by atoms with Gasteiger partial charge in [0.05, 0.1) is 18.4 Å². The van der Waals surface area contributed by atoms with Crippen molar-refractivity contribution in [2.24, 2.45) is 4.99 Å². The number of alkyl halides is 2. The van der Waals surface area contributed by atoms with Crippen LogP contribution in [-0.4, -0.2) is 59.1 Å². The van der Waals surface area contributed by atoms with Gasteiger partial charge in [-0.05, 0) is 32.3 Å². The van der Waals surface area contributed by atoms with Crippen molar-refractivity contribution in [2.75, 3.05) is 32.0 Å². The third-order valence-corrected chi connectivity index (χ3v) is 5.76. The maximum atomic E-state index is 12.5. The number of para-hydroxylation sites is 1. The fraction of sp³-hybridized carbons (Fsp3) is 0.632. The zero-order valence-corrected chi connectivity index (χ0v) is 17.9. The van der Waals surface area contributed by atoms with Crippen molar-refractivity contribution in [3.63, 3.8) is 0 Å². The molecule has 1 unspecified atom stereocenters. The first kappa shape index (κ1) is 24.3. The van der Waals surface area contributed by atoms with E-state index in [1.165, 1.54) is 6.07 Å². The largest absolute Gasteiger partial charge is 0.434 e. The van der Waals surface area contributed by atoms with Crippen LogP contribution in [0.15, 0.2) is 29.3 Å². The maximum Gasteiger partial charge on any atom is 0.387 e. The Balaban J connectivity index is 1.84. The van der Waals surface area contributed by atoms with Crippen molar-refractivity contribution in [3.05, 3.63) is 29.8 Å². The fourth-order valence-electron chi connectivity index (χ4n) is 2.92. The van der Waals surface area contributed by atoms with E-state index in [4.69, 9.17) is 4.74 Å². The molecule has 8 nitrogen and oxygen atoms in total. The molecule has 0 aliphatic carbocycles. The van der Waals surface area contributed by atoms with Crippen LogP contribution in [0, 0.1) is 0 Å². The summed E-state index contributed by atoms with van der Waals surface area (Å²) in [5.74, 6) is 0.314. The van der Waals surface area contributed by atoms with E-state index in [1.807, 2.05) is 6.92 Å². The smallest absolute Gasteiger partial charge is 0.387 e. The van der Waals surface area contributed by atoms with Crippen molar-refractivity contribution < 1.29 is 26.7 Å². The highest BCUT2D eigenvalue weighted by molar-refractivity contribution is 7.89. The summed E-state index contributed by atoms with van der Waals surface area (Å²) in [7, 11) is -3.46. The summed E-state index contributed by atoms with van der Waals surface area (Å²) < 4.78 is 62.0. The number of hydrogen-bond donors (Lipinski definition) is 3. The lowest BCUT2D eigenvalue weighted by Crippen LogP contribution is -2.42. The molecule has 1 aromatic carbocycles. The quantitative estimate of drug-likeness (QED) is 0.353. The van der Waals surface area contributed by atoms with E-state index in [-0.39, 0.29) is 37.2 Å². The summed E-state index contributed by atoms with van der Waals surface area (Å²) in [4.78, 5) is 4.32. The van der Waals surface area contributed by atoms with Crippen molar-refractivity contribution >= 4 is 16.0 Å². The molecule has 3 N–H and O–H groups in total. The summed E-state index contributed by atoms with van der Waals surface area (Å²) in [6.07, 6.45) is 2.84. The van der Waals surface area contributed by atoms with Gasteiger partial charge in [-0.25, -0.2) is 18.1 Å². The van der Waals surface area contributed by atoms with Gasteiger partial charge >= 0.3 is 6.61 Å². The summed E-state index contributed by atoms with van der Waals surface area (Å²) in [6.45, 7) is 0.695. The van der Waals surface area contributed by atoms with Crippen LogP contribution in [0.2, 0.25) is 0 Å². The van der Waals surface area contributed by atoms with Crippen LogP contribution in [0.3, 0.4) is 0 Å². The number of aliphatic imine (C=N–C) groups is 1. The standard InChI is InChI=1S/C19H30F2N4O4S/c1-2-22-19(24-13-15-7-3-4-9-17(15)29-18(20)21)23-10-12-30(26,27)25-14-16-8-5-6-11-28-16/h3-4,7,9,16,18,25H,2,5-6,8,10-14H2,1H3,(H2,22,23,24). The number of nitrogens with one attached hydrogen (secondary N) is 3. The number of halogens is 2. The predicted octanol–water partition coefficient (Wildman–Crippen LogP) is 1.83. The molecule has 1 aliphatic rings. The van der Waals surface area contributed by atoms with E-state index < -0.39 is 16.6 Å². The first-order valence-corrected chi connectivity index (χ1v) is 11.7. The van der Waals surface area contributed by atoms with Crippen LogP contribution in [0.5, 0.6) is 5.75 Å². The lowest BCUT2D eigenvalue weighted by Gasteiger charge is -2.22. The van der Waals surface area contributed by atoms with Gasteiger partial charge in [0.2, 0.25) is 10.0 Å². The summed E-state index contributed by atoms with van der Waals surface area (Å²) in [6, 6.07) is 6.40. The molecule has 0 aromatic heterocycles. The topological polar surface area (TPSA) is 101 Å². The third kappa shape index (κ3) is 9.23. The Hall–Kier alpha value is -1.98. The molecule has 1 fully saturated rings. The van der Waals surface area contributed by atoms with Crippen LogP contribution < -0.4 is 20.1 Å². The van der Waals surface area contributed by atoms with Gasteiger partial charge in [-0.2, -0.15) is 8.78 Å². The van der Waals surface area contributed by atoms with Crippen LogP contribution in [-0.2, 0) is 21.3 Å². The van der Waals surface area contributed by atoms with Gasteiger partial charge in [0.15, 0.2) is 5.96 Å². The van der Waals surface area contributed by atoms with E-state index in [0.29, 0.717) is 24.7 Å². The number of rotatable bonds is 11. The molecule has 1 aliphatic heterocycles. The average Bonchev–Trinajstić information content (AvgIpc) is 2.72. The van der Waals surface area contributed by atoms with E-state index in [9.17, 15) is 17.2 Å². The molecule has 0 spiro atoms. The number of guanidine groups is 1. The second-order valence-electron chi connectivity index (χ2n) is 6.76. The minimum Gasteiger partial charge on any atom is -0.434 e. The molecular weight excluding hydrogens is 418 g/mol. The number of ether oxygens (including phenoxy) is 2. The van der Waals surface area contributed by atoms with Crippen molar-refractivity contribution in [2.45, 2.75) is 45.4 Å². The Kier molecular flexibility index (Phi) is 10.2. The molecule has 1 aromatic rings. The monoisotopic (exact) mass is 448 g/mol. The predicted molar refractivity (Wildman–Crippen MR) is 111 cm³/mol. The summed E-state index contributed by atoms with van der Waals surface area (Å²) in [5, 5.41) is 5.94. The van der Waals surface area contributed by atoms with E-state index in [0.717, 1.165) is 19.3 Å². The molecule has 0 saturated carbocycles. The van der Waals surface area contributed by atoms with Gasteiger partial charge in [0, 0.05) is 31.8 Å². The second-order valence-corrected chi connectivity index (χ2v) is 8.69. The van der Waals surface area contributed by atoms with E-state index >= 15 is 0 Å². The van der Waals surface area contributed by atoms with E-state index in [2.05, 4.69) is 25.1 Å². The van der Waals surface area contributed by atoms with Gasteiger partial charge in [-0.15, -0.1) is 0 Å². The molecule has 0 bridgehead atoms. The number of sulfonamides is 1. The van der Waals surface area contributed by atoms with Crippen LogP contribution in [0.1, 0.15) is 31.7 Å². The maximum absolute atomic E-state index is 12.5. The Morgan fingerprint density at radius 3 is 2.80 bits per heavy atom. The Bertz CT molecular complexity index is 772. The molecular formula is C19H30F2N4O4S. The molecule has 0 radical (unpaired) electrons. The number of hydrogen-bond acceptors (Lipinski definition) is 5. The molecule has 1 atom stereocenters. The van der Waals surface area contributed by atoms with Crippen molar-refractivity contribution in [1.82, 2.24) is 15.4 Å². The Morgan fingerprint density at radius 2 is 2.10 bits per heavy atom. The first-order chi connectivity index (χ1) is 14.4. The SMILES string of the molecule is CCNC(=NCc1ccccc1OC(F)F)NCCS(=O)(=O)NCC1CCCCO1. The minimum atomic E-state index is -3.46. The summed E-state index contributed by atoms with van der Waals surface area (Å²) >= 11 is 0. The molecule has 0 amide bonds. The number of nitrogens with zero attached hydrogens (tertiary/aromatic N) is 1. The fourth-order valence-corrected chi connectivity index (χ4v) is 3.87. The minimum absolute atomic E-state index is 0.0591. The summed E-state index contributed by atoms with van der Waals surface area (Å²) in [5.41, 5.74) is 0.497. The molecule has 2 rings (SSSR count). The van der Waals surface area contributed by atoms with Gasteiger partial charge in [0.1, 0.15) is 5.75 Å². The lowest BCUT2D eigenvalue weighted by molar-refractivity contribution is -0.0504. The highest BCUT2D eigenvalue weighted by atomic mass is 32.2. The molecule has 30 heavy (non-hydrogen) atoms. The highest BCUT2D eigenvalue weighted by Gasteiger charge is 2.17. The number of benzene rings is 1. The highest BCUT2D eigenvalue weighted by Crippen LogP contribution is 2.20. The van der Waals surface area contributed by atoms with Crippen LogP contribution >= 0.6 is 0 Å². The van der Waals surface area contributed by atoms with Gasteiger partial charge in [-0.3, -0.25) is 0 Å². The van der Waals surface area contributed by atoms with Gasteiger partial charge in [-0.1, -0.05) is 18.2 Å². The van der Waals surface area contributed by atoms with E-state index in [1.54, 1.807) is 18.2 Å². The van der Waals surface area contributed by atoms with Gasteiger partial charge < -0.3 is 20.1 Å². The molecule has 170 valence electrons. The van der Waals surface area contributed by atoms with Gasteiger partial charge in [0.25, 0.3) is 0 Å². The first-order valence-electron chi connectivity index (χ1n) is 10.0. The molecule has 1 heterocycles. The normalized spacial score (nSPS) is 17.7. The zero-order valence-electron chi connectivity index (χ0n) is 17.1. The zero-order chi connectivity index (χ0) is 21.8. The van der Waals surface area contributed by atoms with Crippen LogP contribution in [0.4, 0.5) is 8.78 Å². The second kappa shape index (κ2) is 12.7. The average molecular weight is 449 g/mol. The molecule has 1 saturated heterocycles. The van der Waals surface area contributed by atoms with Crippen LogP contribution in [0.25, 0.3) is 0 Å². The lowest BCUT2D eigenvalue weighted by atomic mass is 10.1. The third-order valence-electron chi connectivity index (χ3n) is 4.41.